The van der Waals surface area contributed by atoms with E-state index in [9.17, 15) is 14.4 Å². The van der Waals surface area contributed by atoms with Gasteiger partial charge in [-0.3, -0.25) is 14.2 Å². The zero-order chi connectivity index (χ0) is 23.4. The lowest BCUT2D eigenvalue weighted by Gasteiger charge is -2.11. The monoisotopic (exact) mass is 457 g/mol. The van der Waals surface area contributed by atoms with Crippen LogP contribution in [-0.2, 0) is 16.1 Å². The van der Waals surface area contributed by atoms with Crippen molar-refractivity contribution in [2.24, 2.45) is 5.92 Å². The Morgan fingerprint density at radius 1 is 1.16 bits per heavy atom. The second-order valence-electron chi connectivity index (χ2n) is 8.15. The number of hydrogen-bond donors (Lipinski definition) is 1. The SMILES string of the molecule is Cc1c(C(=O)OCC(C)C)sc2ncn(CC(=O)Nc3ccc(OC(C)C)cc3)c(=O)c12. The minimum absolute atomic E-state index is 0.0582. The topological polar surface area (TPSA) is 99.5 Å². The first-order chi connectivity index (χ1) is 15.2. The molecule has 3 aromatic rings. The van der Waals surface area contributed by atoms with Gasteiger partial charge in [0.2, 0.25) is 5.91 Å². The Labute approximate surface area is 190 Å². The number of esters is 1. The van der Waals surface area contributed by atoms with Crippen molar-refractivity contribution in [1.29, 1.82) is 0 Å². The molecule has 0 atom stereocenters. The first-order valence-corrected chi connectivity index (χ1v) is 11.2. The van der Waals surface area contributed by atoms with Gasteiger partial charge in [0.1, 0.15) is 22.0 Å². The molecule has 2 aromatic heterocycles. The Morgan fingerprint density at radius 2 is 1.84 bits per heavy atom. The minimum Gasteiger partial charge on any atom is -0.491 e. The van der Waals surface area contributed by atoms with Gasteiger partial charge >= 0.3 is 5.97 Å². The highest BCUT2D eigenvalue weighted by molar-refractivity contribution is 7.20. The molecule has 1 aromatic carbocycles. The Balaban J connectivity index is 1.75. The van der Waals surface area contributed by atoms with Crippen molar-refractivity contribution in [3.8, 4) is 5.75 Å². The van der Waals surface area contributed by atoms with E-state index in [0.29, 0.717) is 38.7 Å². The molecular formula is C23H27N3O5S. The van der Waals surface area contributed by atoms with Crippen molar-refractivity contribution in [3.05, 3.63) is 51.4 Å². The van der Waals surface area contributed by atoms with Crippen LogP contribution in [0.4, 0.5) is 5.69 Å². The van der Waals surface area contributed by atoms with Crippen LogP contribution in [0.2, 0.25) is 0 Å². The highest BCUT2D eigenvalue weighted by atomic mass is 32.1. The molecule has 0 saturated carbocycles. The van der Waals surface area contributed by atoms with Crippen molar-refractivity contribution < 1.29 is 19.1 Å². The molecule has 0 aliphatic carbocycles. The summed E-state index contributed by atoms with van der Waals surface area (Å²) in [5.41, 5.74) is 0.740. The average Bonchev–Trinajstić information content (AvgIpc) is 3.06. The molecule has 0 aliphatic rings. The standard InChI is InChI=1S/C23H27N3O5S/c1-13(2)11-30-23(29)20-15(5)19-21(32-20)24-12-26(22(19)28)10-18(27)25-16-6-8-17(9-7-16)31-14(3)4/h6-9,12-14H,10-11H2,1-5H3,(H,25,27). The van der Waals surface area contributed by atoms with Crippen LogP contribution in [0.1, 0.15) is 42.9 Å². The van der Waals surface area contributed by atoms with E-state index in [4.69, 9.17) is 9.47 Å². The lowest BCUT2D eigenvalue weighted by molar-refractivity contribution is -0.116. The number of carbonyl (C=O) groups is 2. The number of anilines is 1. The number of aryl methyl sites for hydroxylation is 1. The first kappa shape index (κ1) is 23.5. The fraction of sp³-hybridized carbons (Fsp3) is 0.391. The van der Waals surface area contributed by atoms with E-state index in [2.05, 4.69) is 10.3 Å². The number of amides is 1. The third-order valence-electron chi connectivity index (χ3n) is 4.47. The van der Waals surface area contributed by atoms with Gasteiger partial charge in [0.05, 0.1) is 24.4 Å². The molecule has 0 aliphatic heterocycles. The Bertz CT molecular complexity index is 1180. The number of nitrogens with one attached hydrogen (secondary N) is 1. The Morgan fingerprint density at radius 3 is 2.47 bits per heavy atom. The molecule has 2 heterocycles. The van der Waals surface area contributed by atoms with Crippen LogP contribution < -0.4 is 15.6 Å². The molecular weight excluding hydrogens is 430 g/mol. The lowest BCUT2D eigenvalue weighted by Crippen LogP contribution is -2.27. The van der Waals surface area contributed by atoms with E-state index in [1.807, 2.05) is 27.7 Å². The molecule has 0 radical (unpaired) electrons. The summed E-state index contributed by atoms with van der Waals surface area (Å²) in [6, 6.07) is 7.00. The quantitative estimate of drug-likeness (QED) is 0.513. The number of aromatic nitrogens is 2. The number of fused-ring (bicyclic) bond motifs is 1. The van der Waals surface area contributed by atoms with Gasteiger partial charge in [-0.25, -0.2) is 9.78 Å². The predicted molar refractivity (Wildman–Crippen MR) is 125 cm³/mol. The Kier molecular flexibility index (Phi) is 7.29. The normalized spacial score (nSPS) is 11.2. The van der Waals surface area contributed by atoms with E-state index in [1.165, 1.54) is 10.9 Å². The largest absolute Gasteiger partial charge is 0.491 e. The molecule has 170 valence electrons. The molecule has 0 spiro atoms. The minimum atomic E-state index is -0.465. The van der Waals surface area contributed by atoms with E-state index in [1.54, 1.807) is 31.2 Å². The summed E-state index contributed by atoms with van der Waals surface area (Å²) in [6.07, 6.45) is 1.38. The zero-order valence-electron chi connectivity index (χ0n) is 18.8. The number of ether oxygens (including phenoxy) is 2. The number of thiophene rings is 1. The van der Waals surface area contributed by atoms with Crippen LogP contribution in [0, 0.1) is 12.8 Å². The molecule has 1 amide bonds. The van der Waals surface area contributed by atoms with Crippen molar-refractivity contribution >= 4 is 39.1 Å². The predicted octanol–water partition coefficient (Wildman–Crippen LogP) is 4.01. The van der Waals surface area contributed by atoms with Crippen LogP contribution in [-0.4, -0.2) is 34.1 Å². The number of hydrogen-bond acceptors (Lipinski definition) is 7. The molecule has 0 saturated heterocycles. The molecule has 0 fully saturated rings. The van der Waals surface area contributed by atoms with Crippen LogP contribution in [0.15, 0.2) is 35.4 Å². The maximum atomic E-state index is 13.0. The van der Waals surface area contributed by atoms with Crippen molar-refractivity contribution in [2.45, 2.75) is 47.3 Å². The third kappa shape index (κ3) is 5.53. The first-order valence-electron chi connectivity index (χ1n) is 10.4. The van der Waals surface area contributed by atoms with Crippen LogP contribution in [0.3, 0.4) is 0 Å². The molecule has 0 bridgehead atoms. The highest BCUT2D eigenvalue weighted by Gasteiger charge is 2.21. The second kappa shape index (κ2) is 9.95. The van der Waals surface area contributed by atoms with Gasteiger partial charge in [0.15, 0.2) is 0 Å². The van der Waals surface area contributed by atoms with E-state index >= 15 is 0 Å². The van der Waals surface area contributed by atoms with Gasteiger partial charge in [0, 0.05) is 5.69 Å². The van der Waals surface area contributed by atoms with Crippen molar-refractivity contribution in [1.82, 2.24) is 9.55 Å². The maximum Gasteiger partial charge on any atom is 0.348 e. The lowest BCUT2D eigenvalue weighted by atomic mass is 10.2. The van der Waals surface area contributed by atoms with E-state index in [0.717, 1.165) is 11.3 Å². The van der Waals surface area contributed by atoms with Crippen molar-refractivity contribution in [3.63, 3.8) is 0 Å². The summed E-state index contributed by atoms with van der Waals surface area (Å²) in [7, 11) is 0. The van der Waals surface area contributed by atoms with E-state index in [-0.39, 0.29) is 30.0 Å². The average molecular weight is 458 g/mol. The van der Waals surface area contributed by atoms with Gasteiger partial charge in [0.25, 0.3) is 5.56 Å². The smallest absolute Gasteiger partial charge is 0.348 e. The van der Waals surface area contributed by atoms with Gasteiger partial charge in [-0.15, -0.1) is 11.3 Å². The van der Waals surface area contributed by atoms with Crippen LogP contribution in [0.5, 0.6) is 5.75 Å². The molecule has 0 unspecified atom stereocenters. The Hall–Kier alpha value is -3.20. The third-order valence-corrected chi connectivity index (χ3v) is 5.65. The summed E-state index contributed by atoms with van der Waals surface area (Å²) >= 11 is 1.12. The number of benzene rings is 1. The summed E-state index contributed by atoms with van der Waals surface area (Å²) in [5, 5.41) is 3.09. The summed E-state index contributed by atoms with van der Waals surface area (Å²) in [4.78, 5) is 42.9. The molecule has 8 nitrogen and oxygen atoms in total. The second-order valence-corrected chi connectivity index (χ2v) is 9.14. The summed E-state index contributed by atoms with van der Waals surface area (Å²) < 4.78 is 12.1. The summed E-state index contributed by atoms with van der Waals surface area (Å²) in [5.74, 6) is 0.0870. The van der Waals surface area contributed by atoms with Crippen molar-refractivity contribution in [2.75, 3.05) is 11.9 Å². The molecule has 32 heavy (non-hydrogen) atoms. The number of nitrogens with zero attached hydrogens (tertiary/aromatic N) is 2. The molecule has 1 N–H and O–H groups in total. The van der Waals surface area contributed by atoms with Gasteiger partial charge in [-0.2, -0.15) is 0 Å². The van der Waals surface area contributed by atoms with E-state index < -0.39 is 5.97 Å². The number of rotatable bonds is 8. The van der Waals surface area contributed by atoms with Crippen LogP contribution >= 0.6 is 11.3 Å². The maximum absolute atomic E-state index is 13.0. The van der Waals surface area contributed by atoms with Gasteiger partial charge in [-0.05, 0) is 56.5 Å². The molecule has 9 heteroatoms. The fourth-order valence-corrected chi connectivity index (χ4v) is 4.05. The highest BCUT2D eigenvalue weighted by Crippen LogP contribution is 2.27. The summed E-state index contributed by atoms with van der Waals surface area (Å²) in [6.45, 7) is 9.56. The fourth-order valence-electron chi connectivity index (χ4n) is 3.02. The van der Waals surface area contributed by atoms with Crippen LogP contribution in [0.25, 0.3) is 10.2 Å². The zero-order valence-corrected chi connectivity index (χ0v) is 19.6. The van der Waals surface area contributed by atoms with Gasteiger partial charge in [-0.1, -0.05) is 13.8 Å². The molecule has 3 rings (SSSR count). The number of carbonyl (C=O) groups excluding carboxylic acids is 2. The van der Waals surface area contributed by atoms with Gasteiger partial charge < -0.3 is 14.8 Å².